The average Bonchev–Trinajstić information content (AvgIpc) is 2.96. The quantitative estimate of drug-likeness (QED) is 0.285. The number of benzene rings is 3. The molecule has 40 heavy (non-hydrogen) atoms. The van der Waals surface area contributed by atoms with Crippen LogP contribution in [0.2, 0.25) is 0 Å². The standard InChI is InChI=1S/C30H29F3N4O3/c1-39-26-14-24-25(15-27(26)40-17-20-3-2-12-34-16-20)35-18-36-29(24)21-6-10-23(11-7-21)37-28(38)13-19-4-8-22(9-5-19)30(31,32)33/h4-11,14-15,18,20,34H,2-3,12-13,16-17H2,1H3,(H,37,38). The van der Waals surface area contributed by atoms with Crippen LogP contribution in [0.5, 0.6) is 11.5 Å². The first kappa shape index (κ1) is 27.4. The third-order valence-corrected chi connectivity index (χ3v) is 6.88. The van der Waals surface area contributed by atoms with Gasteiger partial charge < -0.3 is 20.1 Å². The number of fused-ring (bicyclic) bond motifs is 1. The number of rotatable bonds is 8. The lowest BCUT2D eigenvalue weighted by molar-refractivity contribution is -0.137. The number of hydrogen-bond donors (Lipinski definition) is 2. The summed E-state index contributed by atoms with van der Waals surface area (Å²) in [6.45, 7) is 2.58. The number of hydrogen-bond acceptors (Lipinski definition) is 6. The maximum absolute atomic E-state index is 12.8. The van der Waals surface area contributed by atoms with E-state index in [1.807, 2.05) is 24.3 Å². The van der Waals surface area contributed by atoms with E-state index in [1.165, 1.54) is 18.5 Å². The van der Waals surface area contributed by atoms with Gasteiger partial charge in [0.05, 0.1) is 36.9 Å². The number of alkyl halides is 3. The van der Waals surface area contributed by atoms with Gasteiger partial charge in [0.1, 0.15) is 6.33 Å². The summed E-state index contributed by atoms with van der Waals surface area (Å²) in [4.78, 5) is 21.4. The minimum absolute atomic E-state index is 0.0438. The number of aromatic nitrogens is 2. The zero-order valence-corrected chi connectivity index (χ0v) is 21.9. The van der Waals surface area contributed by atoms with Crippen molar-refractivity contribution in [3.8, 4) is 22.8 Å². The molecule has 1 aliphatic rings. The molecule has 5 rings (SSSR count). The molecule has 0 spiro atoms. The summed E-state index contributed by atoms with van der Waals surface area (Å²) >= 11 is 0. The fourth-order valence-electron chi connectivity index (χ4n) is 4.75. The van der Waals surface area contributed by atoms with Crippen LogP contribution in [-0.2, 0) is 17.4 Å². The molecule has 3 aromatic carbocycles. The third kappa shape index (κ3) is 6.51. The number of halogens is 3. The summed E-state index contributed by atoms with van der Waals surface area (Å²) in [6.07, 6.45) is -0.691. The number of ether oxygens (including phenoxy) is 2. The molecule has 208 valence electrons. The number of anilines is 1. The van der Waals surface area contributed by atoms with Crippen LogP contribution in [0.15, 0.2) is 67.0 Å². The molecule has 1 aliphatic heterocycles. The number of nitrogens with one attached hydrogen (secondary N) is 2. The number of amides is 1. The van der Waals surface area contributed by atoms with Crippen LogP contribution in [0.25, 0.3) is 22.2 Å². The summed E-state index contributed by atoms with van der Waals surface area (Å²) in [7, 11) is 1.60. The molecule has 2 heterocycles. The monoisotopic (exact) mass is 550 g/mol. The fourth-order valence-corrected chi connectivity index (χ4v) is 4.75. The average molecular weight is 551 g/mol. The highest BCUT2D eigenvalue weighted by Gasteiger charge is 2.30. The maximum atomic E-state index is 12.8. The highest BCUT2D eigenvalue weighted by Crippen LogP contribution is 2.36. The van der Waals surface area contributed by atoms with Gasteiger partial charge >= 0.3 is 6.18 Å². The normalized spacial score (nSPS) is 15.6. The molecule has 4 aromatic rings. The van der Waals surface area contributed by atoms with Gasteiger partial charge in [0, 0.05) is 35.2 Å². The minimum atomic E-state index is -4.41. The van der Waals surface area contributed by atoms with Crippen molar-refractivity contribution in [3.05, 3.63) is 78.1 Å². The Hall–Kier alpha value is -4.18. The SMILES string of the molecule is COc1cc2c(-c3ccc(NC(=O)Cc4ccc(C(F)(F)F)cc4)cc3)ncnc2cc1OCC1CCCNC1. The molecule has 1 amide bonds. The largest absolute Gasteiger partial charge is 0.493 e. The van der Waals surface area contributed by atoms with Crippen molar-refractivity contribution in [1.29, 1.82) is 0 Å². The first-order valence-electron chi connectivity index (χ1n) is 13.0. The second-order valence-electron chi connectivity index (χ2n) is 9.76. The van der Waals surface area contributed by atoms with Crippen molar-refractivity contribution in [2.45, 2.75) is 25.4 Å². The van der Waals surface area contributed by atoms with E-state index in [9.17, 15) is 18.0 Å². The van der Waals surface area contributed by atoms with E-state index >= 15 is 0 Å². The summed E-state index contributed by atoms with van der Waals surface area (Å²) in [5.74, 6) is 1.35. The van der Waals surface area contributed by atoms with Crippen LogP contribution < -0.4 is 20.1 Å². The summed E-state index contributed by atoms with van der Waals surface area (Å²) in [6, 6.07) is 15.5. The smallest absolute Gasteiger partial charge is 0.416 e. The molecular formula is C30H29F3N4O3. The van der Waals surface area contributed by atoms with Crippen LogP contribution in [-0.4, -0.2) is 42.7 Å². The van der Waals surface area contributed by atoms with Gasteiger partial charge in [0.25, 0.3) is 0 Å². The van der Waals surface area contributed by atoms with Gasteiger partial charge in [-0.1, -0.05) is 24.3 Å². The summed E-state index contributed by atoms with van der Waals surface area (Å²) < 4.78 is 50.0. The van der Waals surface area contributed by atoms with Crippen LogP contribution in [0, 0.1) is 5.92 Å². The number of carbonyl (C=O) groups is 1. The highest BCUT2D eigenvalue weighted by molar-refractivity contribution is 5.95. The lowest BCUT2D eigenvalue weighted by Crippen LogP contribution is -2.33. The van der Waals surface area contributed by atoms with Gasteiger partial charge in [0.15, 0.2) is 11.5 Å². The van der Waals surface area contributed by atoms with Crippen molar-refractivity contribution >= 4 is 22.5 Å². The Labute approximate surface area is 229 Å². The Morgan fingerprint density at radius 1 is 1.05 bits per heavy atom. The van der Waals surface area contributed by atoms with Crippen molar-refractivity contribution in [2.75, 3.05) is 32.1 Å². The molecule has 0 saturated carbocycles. The van der Waals surface area contributed by atoms with Crippen molar-refractivity contribution in [3.63, 3.8) is 0 Å². The van der Waals surface area contributed by atoms with Gasteiger partial charge in [-0.15, -0.1) is 0 Å². The molecule has 1 saturated heterocycles. The van der Waals surface area contributed by atoms with Crippen LogP contribution >= 0.6 is 0 Å². The van der Waals surface area contributed by atoms with E-state index < -0.39 is 11.7 Å². The van der Waals surface area contributed by atoms with E-state index in [0.717, 1.165) is 54.5 Å². The van der Waals surface area contributed by atoms with E-state index in [4.69, 9.17) is 9.47 Å². The van der Waals surface area contributed by atoms with E-state index in [1.54, 1.807) is 19.2 Å². The molecule has 1 unspecified atom stereocenters. The first-order chi connectivity index (χ1) is 19.3. The Bertz CT molecular complexity index is 1470. The molecule has 1 atom stereocenters. The Morgan fingerprint density at radius 3 is 2.50 bits per heavy atom. The van der Waals surface area contributed by atoms with E-state index in [-0.39, 0.29) is 12.3 Å². The molecule has 7 nitrogen and oxygen atoms in total. The Kier molecular flexibility index (Phi) is 8.16. The van der Waals surface area contributed by atoms with E-state index in [2.05, 4.69) is 20.6 Å². The van der Waals surface area contributed by atoms with Gasteiger partial charge in [0.2, 0.25) is 5.91 Å². The lowest BCUT2D eigenvalue weighted by atomic mass is 10.0. The summed E-state index contributed by atoms with van der Waals surface area (Å²) in [5, 5.41) is 6.98. The van der Waals surface area contributed by atoms with Gasteiger partial charge in [-0.05, 0) is 55.3 Å². The van der Waals surface area contributed by atoms with Crippen molar-refractivity contribution in [1.82, 2.24) is 15.3 Å². The number of carbonyl (C=O) groups excluding carboxylic acids is 1. The zero-order chi connectivity index (χ0) is 28.1. The molecule has 2 N–H and O–H groups in total. The first-order valence-corrected chi connectivity index (χ1v) is 13.0. The second-order valence-corrected chi connectivity index (χ2v) is 9.76. The molecule has 0 aliphatic carbocycles. The van der Waals surface area contributed by atoms with Gasteiger partial charge in [-0.3, -0.25) is 4.79 Å². The molecule has 1 aromatic heterocycles. The van der Waals surface area contributed by atoms with Crippen LogP contribution in [0.3, 0.4) is 0 Å². The van der Waals surface area contributed by atoms with E-state index in [0.29, 0.717) is 41.0 Å². The second kappa shape index (κ2) is 11.9. The highest BCUT2D eigenvalue weighted by atomic mass is 19.4. The number of methoxy groups -OCH3 is 1. The third-order valence-electron chi connectivity index (χ3n) is 6.88. The Balaban J connectivity index is 1.28. The maximum Gasteiger partial charge on any atom is 0.416 e. The predicted molar refractivity (Wildman–Crippen MR) is 146 cm³/mol. The fraction of sp³-hybridized carbons (Fsp3) is 0.300. The van der Waals surface area contributed by atoms with Gasteiger partial charge in [-0.25, -0.2) is 9.97 Å². The molecule has 0 radical (unpaired) electrons. The van der Waals surface area contributed by atoms with Crippen molar-refractivity contribution in [2.24, 2.45) is 5.92 Å². The summed E-state index contributed by atoms with van der Waals surface area (Å²) in [5.41, 5.74) is 2.54. The van der Waals surface area contributed by atoms with Crippen molar-refractivity contribution < 1.29 is 27.4 Å². The molecule has 1 fully saturated rings. The number of nitrogens with zero attached hydrogens (tertiary/aromatic N) is 2. The Morgan fingerprint density at radius 2 is 1.82 bits per heavy atom. The predicted octanol–water partition coefficient (Wildman–Crippen LogP) is 5.88. The molecule has 0 bridgehead atoms. The zero-order valence-electron chi connectivity index (χ0n) is 21.9. The van der Waals surface area contributed by atoms with Crippen LogP contribution in [0.1, 0.15) is 24.0 Å². The molecular weight excluding hydrogens is 521 g/mol. The lowest BCUT2D eigenvalue weighted by Gasteiger charge is -2.23. The minimum Gasteiger partial charge on any atom is -0.493 e. The van der Waals surface area contributed by atoms with Gasteiger partial charge in [-0.2, -0.15) is 13.2 Å². The number of piperidine rings is 1. The topological polar surface area (TPSA) is 85.4 Å². The van der Waals surface area contributed by atoms with Crippen LogP contribution in [0.4, 0.5) is 18.9 Å². The molecule has 10 heteroatoms.